The molecule has 5 rings (SSSR count). The van der Waals surface area contributed by atoms with Crippen LogP contribution in [-0.4, -0.2) is 30.8 Å². The molecule has 31 heavy (non-hydrogen) atoms. The van der Waals surface area contributed by atoms with Crippen molar-refractivity contribution in [3.05, 3.63) is 82.4 Å². The van der Waals surface area contributed by atoms with Crippen molar-refractivity contribution in [3.8, 4) is 23.0 Å². The molecule has 1 atom stereocenters. The van der Waals surface area contributed by atoms with Gasteiger partial charge in [-0.05, 0) is 64.9 Å². The monoisotopic (exact) mass is 417 g/mol. The molecule has 1 unspecified atom stereocenters. The Kier molecular flexibility index (Phi) is 5.20. The Morgan fingerprint density at radius 1 is 0.903 bits per heavy atom. The van der Waals surface area contributed by atoms with Gasteiger partial charge in [0.15, 0.2) is 23.0 Å². The molecule has 2 heterocycles. The highest BCUT2D eigenvalue weighted by Gasteiger charge is 2.33. The van der Waals surface area contributed by atoms with Crippen LogP contribution in [0.1, 0.15) is 33.9 Å². The number of phenols is 1. The molecule has 5 heteroatoms. The summed E-state index contributed by atoms with van der Waals surface area (Å²) in [6.07, 6.45) is 1.83. The van der Waals surface area contributed by atoms with Crippen LogP contribution in [0.4, 0.5) is 0 Å². The molecule has 0 amide bonds. The van der Waals surface area contributed by atoms with Crippen LogP contribution in [-0.2, 0) is 26.0 Å². The van der Waals surface area contributed by atoms with Gasteiger partial charge in [0.2, 0.25) is 0 Å². The molecule has 0 saturated carbocycles. The van der Waals surface area contributed by atoms with E-state index >= 15 is 0 Å². The fourth-order valence-corrected chi connectivity index (χ4v) is 4.78. The standard InChI is InChI=1S/C26H27NO4/c1-29-24-13-20-15-27-9-8-18-12-25(30-2)26(31-16-17-6-4-3-5-7-17)14-21(18)22(27)10-19(20)11-23(24)28/h3-7,11-14,22,28H,8-10,15-16H2,1-2H3. The Morgan fingerprint density at radius 2 is 1.68 bits per heavy atom. The van der Waals surface area contributed by atoms with Crippen molar-refractivity contribution in [2.24, 2.45) is 0 Å². The molecule has 160 valence electrons. The lowest BCUT2D eigenvalue weighted by Gasteiger charge is -2.41. The summed E-state index contributed by atoms with van der Waals surface area (Å²) in [6.45, 7) is 2.34. The fraction of sp³-hybridized carbons (Fsp3) is 0.308. The first-order chi connectivity index (χ1) is 15.2. The number of rotatable bonds is 5. The smallest absolute Gasteiger partial charge is 0.162 e. The van der Waals surface area contributed by atoms with E-state index in [2.05, 4.69) is 29.2 Å². The maximum Gasteiger partial charge on any atom is 0.162 e. The van der Waals surface area contributed by atoms with Crippen molar-refractivity contribution in [3.63, 3.8) is 0 Å². The van der Waals surface area contributed by atoms with Crippen LogP contribution in [0.3, 0.4) is 0 Å². The third-order valence-corrected chi connectivity index (χ3v) is 6.42. The second kappa shape index (κ2) is 8.16. The Hall–Kier alpha value is -3.18. The summed E-state index contributed by atoms with van der Waals surface area (Å²) in [5.41, 5.74) is 6.13. The third kappa shape index (κ3) is 3.70. The Morgan fingerprint density at radius 3 is 2.45 bits per heavy atom. The van der Waals surface area contributed by atoms with Crippen LogP contribution < -0.4 is 14.2 Å². The van der Waals surface area contributed by atoms with E-state index in [1.165, 1.54) is 22.3 Å². The van der Waals surface area contributed by atoms with E-state index in [0.29, 0.717) is 12.4 Å². The van der Waals surface area contributed by atoms with E-state index in [1.54, 1.807) is 14.2 Å². The maximum absolute atomic E-state index is 10.3. The Balaban J connectivity index is 1.47. The van der Waals surface area contributed by atoms with Crippen molar-refractivity contribution in [1.82, 2.24) is 4.90 Å². The lowest BCUT2D eigenvalue weighted by Crippen LogP contribution is -2.39. The number of phenolic OH excluding ortho intramolecular Hbond substituents is 1. The normalized spacial score (nSPS) is 17.3. The van der Waals surface area contributed by atoms with Crippen molar-refractivity contribution in [2.75, 3.05) is 20.8 Å². The summed E-state index contributed by atoms with van der Waals surface area (Å²) in [5.74, 6) is 2.29. The number of fused-ring (bicyclic) bond motifs is 4. The van der Waals surface area contributed by atoms with Crippen LogP contribution in [0.5, 0.6) is 23.0 Å². The summed E-state index contributed by atoms with van der Waals surface area (Å²) >= 11 is 0. The van der Waals surface area contributed by atoms with Gasteiger partial charge in [0.1, 0.15) is 6.61 Å². The lowest BCUT2D eigenvalue weighted by molar-refractivity contribution is 0.159. The molecule has 3 aromatic rings. The zero-order valence-electron chi connectivity index (χ0n) is 17.9. The summed E-state index contributed by atoms with van der Waals surface area (Å²) in [4.78, 5) is 2.51. The summed E-state index contributed by atoms with van der Waals surface area (Å²) in [7, 11) is 3.29. The van der Waals surface area contributed by atoms with Gasteiger partial charge in [-0.15, -0.1) is 0 Å². The molecule has 0 aromatic heterocycles. The lowest BCUT2D eigenvalue weighted by atomic mass is 9.83. The molecular weight excluding hydrogens is 390 g/mol. The molecule has 5 nitrogen and oxygen atoms in total. The van der Waals surface area contributed by atoms with Gasteiger partial charge in [-0.2, -0.15) is 0 Å². The molecule has 2 aliphatic rings. The van der Waals surface area contributed by atoms with E-state index < -0.39 is 0 Å². The minimum Gasteiger partial charge on any atom is -0.504 e. The van der Waals surface area contributed by atoms with Crippen LogP contribution in [0.15, 0.2) is 54.6 Å². The number of ether oxygens (including phenoxy) is 3. The highest BCUT2D eigenvalue weighted by Crippen LogP contribution is 2.44. The van der Waals surface area contributed by atoms with Gasteiger partial charge in [-0.25, -0.2) is 0 Å². The minimum absolute atomic E-state index is 0.201. The first-order valence-electron chi connectivity index (χ1n) is 10.7. The van der Waals surface area contributed by atoms with Gasteiger partial charge in [0.05, 0.1) is 14.2 Å². The SMILES string of the molecule is COc1cc2c(cc1O)CC1c3cc(OCc4ccccc4)c(OC)cc3CCN1C2. The molecular formula is C26H27NO4. The summed E-state index contributed by atoms with van der Waals surface area (Å²) in [6, 6.07) is 18.5. The predicted molar refractivity (Wildman–Crippen MR) is 119 cm³/mol. The quantitative estimate of drug-likeness (QED) is 0.655. The van der Waals surface area contributed by atoms with Crippen molar-refractivity contribution >= 4 is 0 Å². The van der Waals surface area contributed by atoms with Crippen LogP contribution in [0.25, 0.3) is 0 Å². The van der Waals surface area contributed by atoms with Crippen LogP contribution >= 0.6 is 0 Å². The van der Waals surface area contributed by atoms with Gasteiger partial charge < -0.3 is 19.3 Å². The largest absolute Gasteiger partial charge is 0.504 e. The number of hydrogen-bond donors (Lipinski definition) is 1. The van der Waals surface area contributed by atoms with E-state index in [9.17, 15) is 5.11 Å². The molecule has 0 fully saturated rings. The maximum atomic E-state index is 10.3. The number of methoxy groups -OCH3 is 2. The average Bonchev–Trinajstić information content (AvgIpc) is 2.81. The molecule has 0 radical (unpaired) electrons. The summed E-state index contributed by atoms with van der Waals surface area (Å²) in [5, 5.41) is 10.3. The van der Waals surface area contributed by atoms with E-state index in [1.807, 2.05) is 30.3 Å². The third-order valence-electron chi connectivity index (χ3n) is 6.42. The number of benzene rings is 3. The van der Waals surface area contributed by atoms with Crippen LogP contribution in [0, 0.1) is 0 Å². The van der Waals surface area contributed by atoms with Gasteiger partial charge in [-0.1, -0.05) is 30.3 Å². The number of aromatic hydroxyl groups is 1. The molecule has 0 saturated heterocycles. The van der Waals surface area contributed by atoms with Crippen molar-refractivity contribution < 1.29 is 19.3 Å². The zero-order chi connectivity index (χ0) is 21.4. The molecule has 0 bridgehead atoms. The van der Waals surface area contributed by atoms with Gasteiger partial charge in [0.25, 0.3) is 0 Å². The van der Waals surface area contributed by atoms with Gasteiger partial charge >= 0.3 is 0 Å². The number of hydrogen-bond acceptors (Lipinski definition) is 5. The van der Waals surface area contributed by atoms with E-state index in [0.717, 1.165) is 43.0 Å². The molecule has 1 N–H and O–H groups in total. The van der Waals surface area contributed by atoms with Gasteiger partial charge in [0, 0.05) is 19.1 Å². The van der Waals surface area contributed by atoms with Crippen molar-refractivity contribution in [1.29, 1.82) is 0 Å². The second-order valence-corrected chi connectivity index (χ2v) is 8.21. The Bertz CT molecular complexity index is 1100. The topological polar surface area (TPSA) is 51.2 Å². The first-order valence-corrected chi connectivity index (χ1v) is 10.7. The van der Waals surface area contributed by atoms with E-state index in [-0.39, 0.29) is 11.8 Å². The average molecular weight is 418 g/mol. The Labute approximate surface area is 182 Å². The highest BCUT2D eigenvalue weighted by molar-refractivity contribution is 5.52. The summed E-state index contributed by atoms with van der Waals surface area (Å²) < 4.78 is 17.1. The fourth-order valence-electron chi connectivity index (χ4n) is 4.78. The van der Waals surface area contributed by atoms with E-state index in [4.69, 9.17) is 14.2 Å². The minimum atomic E-state index is 0.201. The zero-order valence-corrected chi connectivity index (χ0v) is 17.9. The highest BCUT2D eigenvalue weighted by atomic mass is 16.5. The first kappa shape index (κ1) is 19.8. The molecule has 0 spiro atoms. The molecule has 0 aliphatic carbocycles. The molecule has 2 aliphatic heterocycles. The molecule has 3 aromatic carbocycles. The number of nitrogens with zero attached hydrogens (tertiary/aromatic N) is 1. The second-order valence-electron chi connectivity index (χ2n) is 8.21. The van der Waals surface area contributed by atoms with Gasteiger partial charge in [-0.3, -0.25) is 4.90 Å². The van der Waals surface area contributed by atoms with Crippen molar-refractivity contribution in [2.45, 2.75) is 32.0 Å². The van der Waals surface area contributed by atoms with Crippen LogP contribution in [0.2, 0.25) is 0 Å². The predicted octanol–water partition coefficient (Wildman–Crippen LogP) is 4.64.